The third-order valence-electron chi connectivity index (χ3n) is 1.76. The van der Waals surface area contributed by atoms with Gasteiger partial charge in [-0.05, 0) is 0 Å². The molecular weight excluding hydrogens is 285 g/mol. The van der Waals surface area contributed by atoms with Crippen molar-refractivity contribution in [3.05, 3.63) is 18.3 Å². The van der Waals surface area contributed by atoms with E-state index in [0.717, 1.165) is 3.71 Å². The minimum atomic E-state index is -1.56. The Hall–Kier alpha value is -0.581. The fourth-order valence-corrected chi connectivity index (χ4v) is 3.78. The van der Waals surface area contributed by atoms with Crippen molar-refractivity contribution in [3.8, 4) is 5.75 Å². The molecule has 0 aliphatic carbocycles. The van der Waals surface area contributed by atoms with E-state index in [1.54, 1.807) is 19.2 Å². The Bertz CT molecular complexity index is 326. The van der Waals surface area contributed by atoms with E-state index < -0.39 is 19.8 Å². The average Bonchev–Trinajstić information content (AvgIpc) is 2.18. The molecule has 0 aliphatic rings. The van der Waals surface area contributed by atoms with Gasteiger partial charge in [0.15, 0.2) is 0 Å². The first-order valence-corrected chi connectivity index (χ1v) is 11.7. The molecule has 0 unspecified atom stereocenters. The van der Waals surface area contributed by atoms with Crippen LogP contribution in [-0.2, 0) is 4.79 Å². The summed E-state index contributed by atoms with van der Waals surface area (Å²) < 4.78 is 6.23. The summed E-state index contributed by atoms with van der Waals surface area (Å²) in [6.45, 7) is 1.79. The molecule has 0 fully saturated rings. The van der Waals surface area contributed by atoms with Crippen molar-refractivity contribution in [2.45, 2.75) is 23.2 Å². The van der Waals surface area contributed by atoms with E-state index in [0.29, 0.717) is 12.2 Å². The summed E-state index contributed by atoms with van der Waals surface area (Å²) in [7, 11) is 0. The van der Waals surface area contributed by atoms with Crippen LogP contribution in [0, 0.1) is 0 Å². The molecule has 0 aromatic carbocycles. The molecule has 1 aromatic rings. The number of pyridine rings is 1. The molecule has 0 saturated heterocycles. The molecule has 3 nitrogen and oxygen atoms in total. The van der Waals surface area contributed by atoms with Crippen LogP contribution < -0.4 is 8.45 Å². The van der Waals surface area contributed by atoms with Crippen LogP contribution >= 0.6 is 0 Å². The summed E-state index contributed by atoms with van der Waals surface area (Å²) >= 11 is -1.56. The molecule has 0 bridgehead atoms. The molecule has 1 radical (unpaired) electrons. The first-order valence-electron chi connectivity index (χ1n) is 4.61. The predicted octanol–water partition coefficient (Wildman–Crippen LogP) is 1.36. The third-order valence-corrected chi connectivity index (χ3v) is 5.53. The minimum absolute atomic E-state index is 0.191. The second kappa shape index (κ2) is 5.34. The van der Waals surface area contributed by atoms with Crippen molar-refractivity contribution in [3.63, 3.8) is 0 Å². The summed E-state index contributed by atoms with van der Waals surface area (Å²) in [5.41, 5.74) is 0. The van der Waals surface area contributed by atoms with Crippen LogP contribution in [0.15, 0.2) is 18.3 Å². The Labute approximate surface area is 91.2 Å². The number of aromatic nitrogens is 1. The number of nitrogens with zero attached hydrogens (tertiary/aromatic N) is 1. The Morgan fingerprint density at radius 2 is 2.29 bits per heavy atom. The molecule has 0 aliphatic heterocycles. The van der Waals surface area contributed by atoms with Gasteiger partial charge < -0.3 is 0 Å². The van der Waals surface area contributed by atoms with Gasteiger partial charge in [-0.1, -0.05) is 0 Å². The Balaban J connectivity index is 2.90. The Kier molecular flexibility index (Phi) is 4.38. The second-order valence-electron chi connectivity index (χ2n) is 3.18. The molecule has 4 heteroatoms. The van der Waals surface area contributed by atoms with E-state index in [-0.39, 0.29) is 5.97 Å². The van der Waals surface area contributed by atoms with Crippen LogP contribution in [-0.4, -0.2) is 30.7 Å². The van der Waals surface area contributed by atoms with Crippen molar-refractivity contribution >= 4 is 29.4 Å². The topological polar surface area (TPSA) is 39.2 Å². The van der Waals surface area contributed by atoms with Gasteiger partial charge in [-0.2, -0.15) is 0 Å². The number of ether oxygens (including phenoxy) is 1. The molecule has 0 saturated carbocycles. The number of hydrogen-bond acceptors (Lipinski definition) is 3. The first-order chi connectivity index (χ1) is 6.65. The molecule has 0 atom stereocenters. The SMILES string of the molecule is CCC(=O)Oc1cccn[c]1[Sn]([CH3])[CH3]. The zero-order valence-electron chi connectivity index (χ0n) is 8.70. The molecule has 0 N–H and O–H groups in total. The van der Waals surface area contributed by atoms with E-state index in [4.69, 9.17) is 4.74 Å². The number of carbonyl (C=O) groups is 1. The van der Waals surface area contributed by atoms with Gasteiger partial charge in [0, 0.05) is 0 Å². The quantitative estimate of drug-likeness (QED) is 0.625. The Morgan fingerprint density at radius 3 is 2.86 bits per heavy atom. The molecular formula is C10H14NO2Sn. The van der Waals surface area contributed by atoms with E-state index in [2.05, 4.69) is 14.9 Å². The predicted molar refractivity (Wildman–Crippen MR) is 57.3 cm³/mol. The normalized spacial score (nSPS) is 10.3. The van der Waals surface area contributed by atoms with Gasteiger partial charge in [-0.3, -0.25) is 0 Å². The zero-order valence-corrected chi connectivity index (χ0v) is 11.6. The van der Waals surface area contributed by atoms with Crippen molar-refractivity contribution in [1.82, 2.24) is 4.98 Å². The molecule has 75 valence electrons. The summed E-state index contributed by atoms with van der Waals surface area (Å²) in [6.07, 6.45) is 2.16. The van der Waals surface area contributed by atoms with Crippen LogP contribution in [0.2, 0.25) is 9.88 Å². The molecule has 0 amide bonds. The van der Waals surface area contributed by atoms with E-state index in [1.807, 2.05) is 6.07 Å². The van der Waals surface area contributed by atoms with Crippen LogP contribution in [0.4, 0.5) is 0 Å². The monoisotopic (exact) mass is 300 g/mol. The standard InChI is InChI=1S/C8H8NO2.2CH3.Sn/c1-2-8(10)11-7-4-3-5-9-6-7;;;/h3-5H,2H2,1H3;2*1H3;. The molecule has 14 heavy (non-hydrogen) atoms. The first kappa shape index (κ1) is 11.5. The average molecular weight is 299 g/mol. The molecule has 1 aromatic heterocycles. The molecule has 0 spiro atoms. The summed E-state index contributed by atoms with van der Waals surface area (Å²) in [5.74, 6) is 0.475. The van der Waals surface area contributed by atoms with E-state index >= 15 is 0 Å². The third kappa shape index (κ3) is 2.97. The van der Waals surface area contributed by atoms with Crippen LogP contribution in [0.5, 0.6) is 5.75 Å². The fraction of sp³-hybridized carbons (Fsp3) is 0.400. The van der Waals surface area contributed by atoms with Gasteiger partial charge in [-0.25, -0.2) is 0 Å². The van der Waals surface area contributed by atoms with Crippen molar-refractivity contribution in [1.29, 1.82) is 0 Å². The van der Waals surface area contributed by atoms with Gasteiger partial charge in [0.25, 0.3) is 0 Å². The van der Waals surface area contributed by atoms with Crippen molar-refractivity contribution in [2.75, 3.05) is 0 Å². The Morgan fingerprint density at radius 1 is 1.57 bits per heavy atom. The summed E-state index contributed by atoms with van der Waals surface area (Å²) in [4.78, 5) is 19.8. The van der Waals surface area contributed by atoms with Crippen LogP contribution in [0.25, 0.3) is 0 Å². The number of hydrogen-bond donors (Lipinski definition) is 0. The van der Waals surface area contributed by atoms with Crippen LogP contribution in [0.3, 0.4) is 0 Å². The van der Waals surface area contributed by atoms with Gasteiger partial charge in [0.05, 0.1) is 0 Å². The van der Waals surface area contributed by atoms with Gasteiger partial charge >= 0.3 is 91.3 Å². The zero-order chi connectivity index (χ0) is 10.6. The van der Waals surface area contributed by atoms with Crippen molar-refractivity contribution < 1.29 is 9.53 Å². The van der Waals surface area contributed by atoms with Gasteiger partial charge in [0.1, 0.15) is 0 Å². The summed E-state index contributed by atoms with van der Waals surface area (Å²) in [6, 6.07) is 3.62. The number of rotatable bonds is 3. The van der Waals surface area contributed by atoms with Gasteiger partial charge in [-0.15, -0.1) is 0 Å². The van der Waals surface area contributed by atoms with E-state index in [1.165, 1.54) is 0 Å². The van der Waals surface area contributed by atoms with Gasteiger partial charge in [0.2, 0.25) is 0 Å². The maximum atomic E-state index is 11.1. The second-order valence-corrected chi connectivity index (χ2v) is 10.2. The fourth-order valence-electron chi connectivity index (χ4n) is 1.04. The number of esters is 1. The maximum absolute atomic E-state index is 11.1. The van der Waals surface area contributed by atoms with E-state index in [9.17, 15) is 4.79 Å². The molecule has 1 heterocycles. The van der Waals surface area contributed by atoms with Crippen LogP contribution in [0.1, 0.15) is 13.3 Å². The van der Waals surface area contributed by atoms with Crippen molar-refractivity contribution in [2.24, 2.45) is 0 Å². The number of carbonyl (C=O) groups excluding carboxylic acids is 1. The summed E-state index contributed by atoms with van der Waals surface area (Å²) in [5, 5.41) is 0. The molecule has 1 rings (SSSR count).